The normalized spacial score (nSPS) is 17.0. The number of rotatable bonds is 5. The van der Waals surface area contributed by atoms with Gasteiger partial charge in [-0.2, -0.15) is 5.10 Å². The van der Waals surface area contributed by atoms with Crippen LogP contribution in [0.2, 0.25) is 0 Å². The van der Waals surface area contributed by atoms with E-state index in [-0.39, 0.29) is 12.1 Å². The molecule has 0 aliphatic carbocycles. The van der Waals surface area contributed by atoms with Crippen LogP contribution >= 0.6 is 0 Å². The highest BCUT2D eigenvalue weighted by molar-refractivity contribution is 5.70. The van der Waals surface area contributed by atoms with Crippen molar-refractivity contribution in [1.29, 1.82) is 0 Å². The second-order valence-corrected chi connectivity index (χ2v) is 8.04. The second kappa shape index (κ2) is 7.35. The molecule has 1 aromatic heterocycles. The zero-order chi connectivity index (χ0) is 20.5. The number of amides is 1. The fourth-order valence-electron chi connectivity index (χ4n) is 3.47. The van der Waals surface area contributed by atoms with E-state index in [4.69, 9.17) is 19.9 Å². The van der Waals surface area contributed by atoms with Gasteiger partial charge >= 0.3 is 6.09 Å². The number of hydrogen-bond donors (Lipinski definition) is 1. The van der Waals surface area contributed by atoms with Gasteiger partial charge < -0.3 is 24.8 Å². The molecular formula is C20H28N4O4. The van der Waals surface area contributed by atoms with E-state index in [1.165, 1.54) is 0 Å². The van der Waals surface area contributed by atoms with Gasteiger partial charge in [-0.25, -0.2) is 4.79 Å². The quantitative estimate of drug-likeness (QED) is 0.847. The first-order chi connectivity index (χ1) is 13.2. The molecule has 1 aliphatic heterocycles. The molecule has 2 heterocycles. The number of anilines is 1. The first-order valence-corrected chi connectivity index (χ1v) is 9.14. The SMILES string of the molecule is COc1cccc(C(n2cc(N)cn2)C2(OC)CN(C(=O)OC(C)(C)C)C2)c1. The van der Waals surface area contributed by atoms with E-state index < -0.39 is 11.2 Å². The summed E-state index contributed by atoms with van der Waals surface area (Å²) in [5.41, 5.74) is 6.20. The molecule has 152 valence electrons. The van der Waals surface area contributed by atoms with Crippen molar-refractivity contribution >= 4 is 11.8 Å². The molecule has 0 spiro atoms. The largest absolute Gasteiger partial charge is 0.497 e. The molecule has 28 heavy (non-hydrogen) atoms. The van der Waals surface area contributed by atoms with Crippen LogP contribution in [0.1, 0.15) is 32.4 Å². The fraction of sp³-hybridized carbons (Fsp3) is 0.500. The third-order valence-electron chi connectivity index (χ3n) is 4.77. The Hall–Kier alpha value is -2.74. The zero-order valence-corrected chi connectivity index (χ0v) is 17.0. The number of hydrogen-bond acceptors (Lipinski definition) is 6. The molecule has 1 amide bonds. The van der Waals surface area contributed by atoms with Gasteiger partial charge in [0.15, 0.2) is 0 Å². The van der Waals surface area contributed by atoms with Crippen molar-refractivity contribution in [3.05, 3.63) is 42.2 Å². The topological polar surface area (TPSA) is 91.8 Å². The van der Waals surface area contributed by atoms with Gasteiger partial charge in [0.05, 0.1) is 32.1 Å². The molecule has 1 fully saturated rings. The first-order valence-electron chi connectivity index (χ1n) is 9.14. The summed E-state index contributed by atoms with van der Waals surface area (Å²) in [6, 6.07) is 7.44. The van der Waals surface area contributed by atoms with Gasteiger partial charge in [-0.3, -0.25) is 4.68 Å². The zero-order valence-electron chi connectivity index (χ0n) is 17.0. The van der Waals surface area contributed by atoms with Crippen LogP contribution in [0.5, 0.6) is 5.75 Å². The molecule has 8 nitrogen and oxygen atoms in total. The number of nitrogens with two attached hydrogens (primary N) is 1. The summed E-state index contributed by atoms with van der Waals surface area (Å²) in [5.74, 6) is 0.734. The van der Waals surface area contributed by atoms with Crippen LogP contribution in [0, 0.1) is 0 Å². The van der Waals surface area contributed by atoms with Gasteiger partial charge in [0.25, 0.3) is 0 Å². The van der Waals surface area contributed by atoms with E-state index in [0.717, 1.165) is 11.3 Å². The van der Waals surface area contributed by atoms with E-state index in [0.29, 0.717) is 18.8 Å². The maximum atomic E-state index is 12.4. The molecule has 2 N–H and O–H groups in total. The van der Waals surface area contributed by atoms with Crippen LogP contribution in [0.25, 0.3) is 0 Å². The number of carbonyl (C=O) groups is 1. The number of carbonyl (C=O) groups excluding carboxylic acids is 1. The van der Waals surface area contributed by atoms with Gasteiger partial charge in [-0.05, 0) is 38.5 Å². The van der Waals surface area contributed by atoms with Crippen molar-refractivity contribution in [3.8, 4) is 5.75 Å². The maximum Gasteiger partial charge on any atom is 0.410 e. The number of ether oxygens (including phenoxy) is 3. The summed E-state index contributed by atoms with van der Waals surface area (Å²) >= 11 is 0. The lowest BCUT2D eigenvalue weighted by molar-refractivity contribution is -0.142. The van der Waals surface area contributed by atoms with Crippen molar-refractivity contribution in [2.24, 2.45) is 0 Å². The van der Waals surface area contributed by atoms with E-state index in [1.54, 1.807) is 36.2 Å². The molecule has 0 radical (unpaired) electrons. The molecule has 1 saturated heterocycles. The summed E-state index contributed by atoms with van der Waals surface area (Å²) in [6.07, 6.45) is 3.01. The number of likely N-dealkylation sites (tertiary alicyclic amines) is 1. The Labute approximate surface area is 165 Å². The summed E-state index contributed by atoms with van der Waals surface area (Å²) < 4.78 is 18.6. The number of aromatic nitrogens is 2. The van der Waals surface area contributed by atoms with Crippen LogP contribution in [-0.2, 0) is 9.47 Å². The van der Waals surface area contributed by atoms with Crippen molar-refractivity contribution in [3.63, 3.8) is 0 Å². The van der Waals surface area contributed by atoms with Crippen LogP contribution < -0.4 is 10.5 Å². The average molecular weight is 388 g/mol. The summed E-state index contributed by atoms with van der Waals surface area (Å²) in [4.78, 5) is 14.1. The molecule has 1 aromatic carbocycles. The van der Waals surface area contributed by atoms with Gasteiger partial charge in [0.2, 0.25) is 0 Å². The van der Waals surface area contributed by atoms with Crippen LogP contribution in [0.3, 0.4) is 0 Å². The molecule has 3 rings (SSSR count). The van der Waals surface area contributed by atoms with Crippen LogP contribution in [0.4, 0.5) is 10.5 Å². The minimum atomic E-state index is -0.665. The molecule has 2 aromatic rings. The number of benzene rings is 1. The third-order valence-corrected chi connectivity index (χ3v) is 4.77. The third kappa shape index (κ3) is 3.91. The lowest BCUT2D eigenvalue weighted by atomic mass is 9.81. The maximum absolute atomic E-state index is 12.4. The van der Waals surface area contributed by atoms with Crippen LogP contribution in [0.15, 0.2) is 36.7 Å². The first kappa shape index (κ1) is 20.0. The average Bonchev–Trinajstić information content (AvgIpc) is 3.01. The Kier molecular flexibility index (Phi) is 5.25. The Balaban J connectivity index is 1.92. The van der Waals surface area contributed by atoms with E-state index in [2.05, 4.69) is 5.10 Å². The molecule has 0 saturated carbocycles. The lowest BCUT2D eigenvalue weighted by Gasteiger charge is -2.52. The molecular weight excluding hydrogens is 360 g/mol. The van der Waals surface area contributed by atoms with Crippen molar-refractivity contribution in [2.45, 2.75) is 38.0 Å². The summed E-state index contributed by atoms with van der Waals surface area (Å²) in [6.45, 7) is 6.29. The number of methoxy groups -OCH3 is 2. The Bertz CT molecular complexity index is 837. The van der Waals surface area contributed by atoms with Crippen molar-refractivity contribution < 1.29 is 19.0 Å². The molecule has 8 heteroatoms. The van der Waals surface area contributed by atoms with Gasteiger partial charge in [-0.1, -0.05) is 12.1 Å². The van der Waals surface area contributed by atoms with Crippen molar-refractivity contribution in [2.75, 3.05) is 33.0 Å². The predicted molar refractivity (Wildman–Crippen MR) is 105 cm³/mol. The highest BCUT2D eigenvalue weighted by atomic mass is 16.6. The number of nitrogen functional groups attached to an aromatic ring is 1. The second-order valence-electron chi connectivity index (χ2n) is 8.04. The minimum absolute atomic E-state index is 0.288. The van der Waals surface area contributed by atoms with Gasteiger partial charge in [-0.15, -0.1) is 0 Å². The Morgan fingerprint density at radius 2 is 2.00 bits per heavy atom. The summed E-state index contributed by atoms with van der Waals surface area (Å²) in [7, 11) is 3.27. The Morgan fingerprint density at radius 1 is 1.29 bits per heavy atom. The van der Waals surface area contributed by atoms with Gasteiger partial charge in [0, 0.05) is 13.3 Å². The van der Waals surface area contributed by atoms with E-state index >= 15 is 0 Å². The molecule has 1 aliphatic rings. The molecule has 0 bridgehead atoms. The predicted octanol–water partition coefficient (Wildman–Crippen LogP) is 2.70. The minimum Gasteiger partial charge on any atom is -0.497 e. The number of nitrogens with zero attached hydrogens (tertiary/aromatic N) is 3. The monoisotopic (exact) mass is 388 g/mol. The lowest BCUT2D eigenvalue weighted by Crippen LogP contribution is -2.68. The Morgan fingerprint density at radius 3 is 2.54 bits per heavy atom. The highest BCUT2D eigenvalue weighted by Crippen LogP contribution is 2.41. The van der Waals surface area contributed by atoms with Crippen molar-refractivity contribution in [1.82, 2.24) is 14.7 Å². The molecule has 1 unspecified atom stereocenters. The van der Waals surface area contributed by atoms with Crippen LogP contribution in [-0.4, -0.2) is 59.3 Å². The van der Waals surface area contributed by atoms with E-state index in [1.807, 2.05) is 45.0 Å². The smallest absolute Gasteiger partial charge is 0.410 e. The standard InChI is InChI=1S/C20H28N4O4/c1-19(2,3)28-18(25)23-12-20(13-23,27-5)17(24-11-15(21)10-22-24)14-7-6-8-16(9-14)26-4/h6-11,17H,12-13,21H2,1-5H3. The molecule has 1 atom stereocenters. The van der Waals surface area contributed by atoms with Gasteiger partial charge in [0.1, 0.15) is 23.0 Å². The highest BCUT2D eigenvalue weighted by Gasteiger charge is 2.54. The summed E-state index contributed by atoms with van der Waals surface area (Å²) in [5, 5.41) is 4.41. The fourth-order valence-corrected chi connectivity index (χ4v) is 3.47. The van der Waals surface area contributed by atoms with E-state index in [9.17, 15) is 4.79 Å².